The molecule has 0 N–H and O–H groups in total. The Balaban J connectivity index is 0.823. The van der Waals surface area contributed by atoms with Gasteiger partial charge in [-0.3, -0.25) is 13.7 Å². The summed E-state index contributed by atoms with van der Waals surface area (Å²) in [6.45, 7) is 6.40. The van der Waals surface area contributed by atoms with Crippen molar-refractivity contribution in [2.45, 2.75) is 20.8 Å². The van der Waals surface area contributed by atoms with Gasteiger partial charge in [0.05, 0.1) is 67.3 Å². The zero-order valence-electron chi connectivity index (χ0n) is 55.8. The van der Waals surface area contributed by atoms with Gasteiger partial charge in [0.2, 0.25) is 17.8 Å². The Hall–Kier alpha value is -13.7. The Bertz CT molecular complexity index is 5700. The van der Waals surface area contributed by atoms with Crippen molar-refractivity contribution >= 4 is 65.4 Å². The first-order valence-electron chi connectivity index (χ1n) is 34.2. The summed E-state index contributed by atoms with van der Waals surface area (Å²) in [5.41, 5.74) is 22.5. The molecule has 0 aliphatic carbocycles. The predicted octanol–water partition coefficient (Wildman–Crippen LogP) is 21.5. The van der Waals surface area contributed by atoms with Crippen LogP contribution in [0.4, 0.5) is 0 Å². The van der Waals surface area contributed by atoms with Crippen LogP contribution in [0.5, 0.6) is 0 Å². The fourth-order valence-corrected chi connectivity index (χ4v) is 14.4. The van der Waals surface area contributed by atoms with Crippen molar-refractivity contribution in [3.05, 3.63) is 326 Å². The lowest BCUT2D eigenvalue weighted by molar-refractivity contribution is 0.995. The largest absolute Gasteiger partial charge is 0.278 e. The van der Waals surface area contributed by atoms with E-state index in [0.29, 0.717) is 35.3 Å². The molecule has 0 spiro atoms. The molecule has 0 fully saturated rings. The van der Waals surface area contributed by atoms with E-state index in [0.717, 1.165) is 166 Å². The first kappa shape index (κ1) is 59.5. The Morgan fingerprint density at radius 2 is 0.373 bits per heavy atom. The molecule has 480 valence electrons. The Kier molecular flexibility index (Phi) is 14.2. The molecule has 19 aromatic rings. The standard InChI is InChI=1S/C90H60N12/c1-55-34-40-79-67(46-55)70-49-64(37-43-82(70)100(79)88-91-73(58-22-10-4-11-23-58)52-74(92-88)59-24-12-5-13-25-59)85-97-86(65-38-44-83-71(50-65)68-47-56(2)35-41-80(68)101(83)89-93-75(60-26-14-6-15-27-60)53-76(94-89)61-28-16-7-17-29-61)99-87(98-85)66-39-45-84-72(51-66)69-48-57(3)36-42-81(69)102(84)90-95-77(62-30-18-8-19-31-62)54-78(96-90)63-32-20-9-21-33-63/h4-54H,1-3H3. The molecule has 0 aliphatic rings. The average molecular weight is 1310 g/mol. The molecule has 0 saturated heterocycles. The number of hydrogen-bond donors (Lipinski definition) is 0. The fourth-order valence-electron chi connectivity index (χ4n) is 14.4. The molecule has 0 saturated carbocycles. The van der Waals surface area contributed by atoms with Crippen molar-refractivity contribution in [2.24, 2.45) is 0 Å². The Morgan fingerprint density at radius 3 is 0.588 bits per heavy atom. The number of benzene rings is 12. The van der Waals surface area contributed by atoms with Crippen molar-refractivity contribution in [2.75, 3.05) is 0 Å². The second kappa shape index (κ2) is 24.4. The van der Waals surface area contributed by atoms with Crippen LogP contribution in [0.1, 0.15) is 16.7 Å². The van der Waals surface area contributed by atoms with E-state index in [-0.39, 0.29) is 0 Å². The molecule has 0 unspecified atom stereocenters. The summed E-state index contributed by atoms with van der Waals surface area (Å²) in [6.07, 6.45) is 0. The zero-order chi connectivity index (χ0) is 67.9. The molecule has 12 heteroatoms. The van der Waals surface area contributed by atoms with Crippen LogP contribution in [0.3, 0.4) is 0 Å². The quantitative estimate of drug-likeness (QED) is 0.117. The van der Waals surface area contributed by atoms with E-state index in [1.54, 1.807) is 0 Å². The normalized spacial score (nSPS) is 11.7. The predicted molar refractivity (Wildman–Crippen MR) is 413 cm³/mol. The highest BCUT2D eigenvalue weighted by Crippen LogP contribution is 2.42. The number of aryl methyl sites for hydroxylation is 3. The second-order valence-corrected chi connectivity index (χ2v) is 26.1. The summed E-state index contributed by atoms with van der Waals surface area (Å²) in [5.74, 6) is 3.22. The zero-order valence-corrected chi connectivity index (χ0v) is 55.8. The van der Waals surface area contributed by atoms with Crippen molar-refractivity contribution in [1.29, 1.82) is 0 Å². The van der Waals surface area contributed by atoms with Crippen LogP contribution >= 0.6 is 0 Å². The van der Waals surface area contributed by atoms with Crippen molar-refractivity contribution in [1.82, 2.24) is 58.6 Å². The van der Waals surface area contributed by atoms with Crippen LogP contribution in [-0.4, -0.2) is 58.6 Å². The molecule has 7 aromatic heterocycles. The third-order valence-corrected chi connectivity index (χ3v) is 19.3. The van der Waals surface area contributed by atoms with E-state index >= 15 is 0 Å². The summed E-state index contributed by atoms with van der Waals surface area (Å²) in [4.78, 5) is 48.8. The Morgan fingerprint density at radius 1 is 0.176 bits per heavy atom. The molecule has 0 radical (unpaired) electrons. The summed E-state index contributed by atoms with van der Waals surface area (Å²) < 4.78 is 6.57. The lowest BCUT2D eigenvalue weighted by Gasteiger charge is -2.12. The summed E-state index contributed by atoms with van der Waals surface area (Å²) >= 11 is 0. The minimum Gasteiger partial charge on any atom is -0.278 e. The van der Waals surface area contributed by atoms with E-state index in [1.807, 2.05) is 109 Å². The number of rotatable bonds is 12. The van der Waals surface area contributed by atoms with Gasteiger partial charge in [-0.05, 0) is 130 Å². The highest BCUT2D eigenvalue weighted by atomic mass is 15.2. The Labute approximate surface area is 587 Å². The minimum atomic E-state index is 0.509. The van der Waals surface area contributed by atoms with E-state index < -0.39 is 0 Å². The van der Waals surface area contributed by atoms with Gasteiger partial charge in [0.1, 0.15) is 0 Å². The van der Waals surface area contributed by atoms with Gasteiger partial charge in [-0.1, -0.05) is 217 Å². The lowest BCUT2D eigenvalue weighted by Crippen LogP contribution is -2.04. The van der Waals surface area contributed by atoms with Gasteiger partial charge in [0, 0.05) is 82.4 Å². The number of aromatic nitrogens is 12. The van der Waals surface area contributed by atoms with E-state index in [2.05, 4.69) is 235 Å². The third-order valence-electron chi connectivity index (χ3n) is 19.3. The molecule has 0 bridgehead atoms. The van der Waals surface area contributed by atoms with Gasteiger partial charge in [0.15, 0.2) is 17.5 Å². The van der Waals surface area contributed by atoms with Gasteiger partial charge in [-0.2, -0.15) is 0 Å². The maximum atomic E-state index is 5.55. The van der Waals surface area contributed by atoms with Crippen molar-refractivity contribution in [3.8, 4) is 120 Å². The van der Waals surface area contributed by atoms with Crippen LogP contribution < -0.4 is 0 Å². The smallest absolute Gasteiger partial charge is 0.235 e. The summed E-state index contributed by atoms with van der Waals surface area (Å²) in [6, 6.07) is 107. The maximum absolute atomic E-state index is 5.55. The molecule has 12 nitrogen and oxygen atoms in total. The monoisotopic (exact) mass is 1310 g/mol. The highest BCUT2D eigenvalue weighted by Gasteiger charge is 2.25. The summed E-state index contributed by atoms with van der Waals surface area (Å²) in [7, 11) is 0. The first-order chi connectivity index (χ1) is 50.2. The molecular formula is C90H60N12. The van der Waals surface area contributed by atoms with Crippen LogP contribution in [0.15, 0.2) is 309 Å². The van der Waals surface area contributed by atoms with Gasteiger partial charge in [0.25, 0.3) is 0 Å². The number of hydrogen-bond acceptors (Lipinski definition) is 9. The van der Waals surface area contributed by atoms with E-state index in [4.69, 9.17) is 44.9 Å². The highest BCUT2D eigenvalue weighted by molar-refractivity contribution is 6.13. The van der Waals surface area contributed by atoms with Crippen molar-refractivity contribution in [3.63, 3.8) is 0 Å². The third kappa shape index (κ3) is 10.5. The molecule has 0 aliphatic heterocycles. The van der Waals surface area contributed by atoms with Crippen LogP contribution in [0.2, 0.25) is 0 Å². The SMILES string of the molecule is Cc1ccc2c(c1)c1cc(-c3nc(-c4ccc5c(c4)c4cc(C)ccc4n5-c4nc(-c5ccccc5)cc(-c5ccccc5)n4)nc(-c4ccc5c(c4)c4cc(C)ccc4n5-c4nc(-c5ccccc5)cc(-c5ccccc5)n4)n3)ccc1n2-c1nc(-c2ccccc2)cc(-c2ccccc2)n1. The van der Waals surface area contributed by atoms with Crippen molar-refractivity contribution < 1.29 is 0 Å². The fraction of sp³-hybridized carbons (Fsp3) is 0.0333. The van der Waals surface area contributed by atoms with E-state index in [1.165, 1.54) is 0 Å². The number of nitrogens with zero attached hydrogens (tertiary/aromatic N) is 12. The van der Waals surface area contributed by atoms with Crippen LogP contribution in [0.25, 0.3) is 185 Å². The average Bonchev–Trinajstić information content (AvgIpc) is 1.59. The van der Waals surface area contributed by atoms with E-state index in [9.17, 15) is 0 Å². The molecular weight excluding hydrogens is 1250 g/mol. The van der Waals surface area contributed by atoms with Crippen LogP contribution in [-0.2, 0) is 0 Å². The molecule has 0 atom stereocenters. The molecule has 102 heavy (non-hydrogen) atoms. The molecule has 12 aromatic carbocycles. The second-order valence-electron chi connectivity index (χ2n) is 26.1. The summed E-state index contributed by atoms with van der Waals surface area (Å²) in [5, 5.41) is 6.15. The first-order valence-corrected chi connectivity index (χ1v) is 34.2. The number of fused-ring (bicyclic) bond motifs is 9. The molecule has 0 amide bonds. The maximum Gasteiger partial charge on any atom is 0.235 e. The topological polar surface area (TPSA) is 131 Å². The van der Waals surface area contributed by atoms with Gasteiger partial charge in [-0.25, -0.2) is 44.9 Å². The van der Waals surface area contributed by atoms with Gasteiger partial charge < -0.3 is 0 Å². The van der Waals surface area contributed by atoms with Gasteiger partial charge in [-0.15, -0.1) is 0 Å². The lowest BCUT2D eigenvalue weighted by atomic mass is 10.1. The minimum absolute atomic E-state index is 0.509. The molecule has 19 rings (SSSR count). The van der Waals surface area contributed by atoms with Crippen LogP contribution in [0, 0.1) is 20.8 Å². The molecule has 7 heterocycles. The van der Waals surface area contributed by atoms with Gasteiger partial charge >= 0.3 is 0 Å².